The number of nitrogens with zero attached hydrogens (tertiary/aromatic N) is 2. The molecule has 10 heteroatoms. The van der Waals surface area contributed by atoms with Gasteiger partial charge in [0.25, 0.3) is 0 Å². The number of aromatic nitrogens is 2. The number of hydrogen-bond donors (Lipinski definition) is 4. The van der Waals surface area contributed by atoms with Crippen LogP contribution in [0.2, 0.25) is 4.20 Å². The molecule has 0 aliphatic heterocycles. The average molecular weight is 511 g/mol. The number of aliphatic hydroxyl groups excluding tert-OH is 1. The van der Waals surface area contributed by atoms with Crippen LogP contribution in [0.4, 0.5) is 27.5 Å². The van der Waals surface area contributed by atoms with Crippen LogP contribution in [-0.4, -0.2) is 47.1 Å². The van der Waals surface area contributed by atoms with Gasteiger partial charge in [-0.25, -0.2) is 0 Å². The van der Waals surface area contributed by atoms with Crippen LogP contribution < -0.4 is 10.6 Å². The number of benzene rings is 2. The van der Waals surface area contributed by atoms with Gasteiger partial charge in [-0.2, -0.15) is 0 Å². The first-order chi connectivity index (χ1) is 15.7. The van der Waals surface area contributed by atoms with Gasteiger partial charge in [0.2, 0.25) is 0 Å². The number of aliphatic hydroxyl groups is 1. The molecule has 0 saturated heterocycles. The normalized spacial score (nSPS) is 11.9. The van der Waals surface area contributed by atoms with Gasteiger partial charge in [-0.05, 0) is 12.1 Å². The van der Waals surface area contributed by atoms with Crippen molar-refractivity contribution in [1.82, 2.24) is 9.97 Å². The summed E-state index contributed by atoms with van der Waals surface area (Å²) in [4.78, 5) is 20.7. The molecular formula is C23H21AsFN4O4. The number of fused-ring (bicyclic) bond motifs is 1. The van der Waals surface area contributed by atoms with Crippen LogP contribution in [0.5, 0.6) is 5.75 Å². The van der Waals surface area contributed by atoms with Crippen molar-refractivity contribution in [2.24, 2.45) is 0 Å². The first-order valence-corrected chi connectivity index (χ1v) is 11.9. The van der Waals surface area contributed by atoms with Gasteiger partial charge in [-0.3, -0.25) is 0 Å². The van der Waals surface area contributed by atoms with E-state index in [1.54, 1.807) is 36.4 Å². The summed E-state index contributed by atoms with van der Waals surface area (Å²) in [5.74, 6) is -0.232. The van der Waals surface area contributed by atoms with Gasteiger partial charge in [0, 0.05) is 6.07 Å². The Hall–Kier alpha value is -3.42. The molecule has 0 amide bonds. The van der Waals surface area contributed by atoms with E-state index < -0.39 is 25.8 Å². The number of hydrogen-bond acceptors (Lipinski definition) is 8. The van der Waals surface area contributed by atoms with E-state index in [0.717, 1.165) is 6.20 Å². The maximum absolute atomic E-state index is 14.2. The molecule has 0 bridgehead atoms. The third-order valence-electron chi connectivity index (χ3n) is 4.63. The fourth-order valence-corrected chi connectivity index (χ4v) is 4.72. The number of anilines is 4. The summed E-state index contributed by atoms with van der Waals surface area (Å²) in [5, 5.41) is 25.5. The molecule has 0 saturated carbocycles. The van der Waals surface area contributed by atoms with Crippen LogP contribution in [0.15, 0.2) is 59.1 Å². The summed E-state index contributed by atoms with van der Waals surface area (Å²) < 4.78 is 19.3. The Bertz CT molecular complexity index is 1330. The third kappa shape index (κ3) is 5.50. The number of carbonyl (C=O) groups excluding carboxylic acids is 1. The third-order valence-corrected chi connectivity index (χ3v) is 7.08. The van der Waals surface area contributed by atoms with Crippen molar-refractivity contribution in [3.05, 3.63) is 66.3 Å². The van der Waals surface area contributed by atoms with Gasteiger partial charge in [0.1, 0.15) is 5.75 Å². The van der Waals surface area contributed by atoms with E-state index in [1.165, 1.54) is 12.1 Å². The molecule has 0 fully saturated rings. The second-order valence-corrected chi connectivity index (χ2v) is 11.8. The van der Waals surface area contributed by atoms with Crippen LogP contribution in [0.25, 0.3) is 11.0 Å². The molecule has 0 aliphatic rings. The van der Waals surface area contributed by atoms with Gasteiger partial charge >= 0.3 is 160 Å². The molecule has 4 aromatic rings. The maximum atomic E-state index is 14.2. The van der Waals surface area contributed by atoms with E-state index in [2.05, 4.69) is 20.6 Å². The van der Waals surface area contributed by atoms with E-state index in [0.29, 0.717) is 22.3 Å². The summed E-state index contributed by atoms with van der Waals surface area (Å²) in [5.41, 5.74) is 1.65. The van der Waals surface area contributed by atoms with Crippen molar-refractivity contribution in [1.29, 1.82) is 0 Å². The van der Waals surface area contributed by atoms with E-state index in [-0.39, 0.29) is 34.5 Å². The first kappa shape index (κ1) is 22.8. The summed E-state index contributed by atoms with van der Waals surface area (Å²) in [6, 6.07) is 13.2. The molecule has 8 nitrogen and oxygen atoms in total. The number of phenolic OH excluding ortho intramolecular Hbond substituents is 1. The fraction of sp³-hybridized carbons (Fsp3) is 0.174. The zero-order valence-corrected chi connectivity index (χ0v) is 19.7. The summed E-state index contributed by atoms with van der Waals surface area (Å²) in [7, 11) is 0. The Morgan fingerprint density at radius 2 is 1.94 bits per heavy atom. The van der Waals surface area contributed by atoms with Crippen molar-refractivity contribution >= 4 is 54.4 Å². The number of halogens is 1. The zero-order valence-electron chi connectivity index (χ0n) is 17.8. The van der Waals surface area contributed by atoms with Crippen LogP contribution in [0.3, 0.4) is 0 Å². The van der Waals surface area contributed by atoms with Crippen molar-refractivity contribution in [2.75, 3.05) is 17.2 Å². The number of carbonyl (C=O) groups is 1. The molecule has 2 heterocycles. The second kappa shape index (κ2) is 9.21. The van der Waals surface area contributed by atoms with Crippen LogP contribution in [-0.2, 0) is 0 Å². The SMILES string of the molecule is CC(C)(CO)[As]C(=O)c1cc2cc(Nc3ncc(F)c(Nc4cccc(O)c4)n3)ccc2o1. The topological polar surface area (TPSA) is 121 Å². The number of phenols is 1. The zero-order chi connectivity index (χ0) is 23.6. The van der Waals surface area contributed by atoms with E-state index in [1.807, 2.05) is 13.8 Å². The molecule has 0 atom stereocenters. The van der Waals surface area contributed by atoms with E-state index >= 15 is 0 Å². The minimum atomic E-state index is -0.792. The predicted octanol–water partition coefficient (Wildman–Crippen LogP) is 4.59. The second-order valence-electron chi connectivity index (χ2n) is 7.94. The fourth-order valence-electron chi connectivity index (χ4n) is 2.96. The molecule has 2 aromatic heterocycles. The molecule has 169 valence electrons. The monoisotopic (exact) mass is 511 g/mol. The molecule has 0 aliphatic carbocycles. The number of nitrogens with one attached hydrogen (secondary N) is 2. The Labute approximate surface area is 195 Å². The van der Waals surface area contributed by atoms with Crippen LogP contribution >= 0.6 is 0 Å². The molecular weight excluding hydrogens is 490 g/mol. The number of aromatic hydroxyl groups is 1. The molecule has 0 unspecified atom stereocenters. The minimum absolute atomic E-state index is 0.0424. The van der Waals surface area contributed by atoms with Gasteiger partial charge < -0.3 is 5.11 Å². The standard InChI is InChI=1S/C23H21AsFN4O4/c1-23(2,12-30)24-20(32)19-9-13-8-15(6-7-18(13)33-19)28-22-26-11-17(25)21(29-22)27-14-4-3-5-16(31)10-14/h3-11,30-31H,12H2,1-2H3,(H2,26,27,28,29). The molecule has 1 radical (unpaired) electrons. The Morgan fingerprint density at radius 1 is 1.15 bits per heavy atom. The Balaban J connectivity index is 1.53. The quantitative estimate of drug-likeness (QED) is 0.254. The predicted molar refractivity (Wildman–Crippen MR) is 124 cm³/mol. The van der Waals surface area contributed by atoms with Gasteiger partial charge in [-0.15, -0.1) is 0 Å². The molecule has 33 heavy (non-hydrogen) atoms. The van der Waals surface area contributed by atoms with Crippen molar-refractivity contribution in [3.8, 4) is 5.75 Å². The Kier molecular flexibility index (Phi) is 6.35. The summed E-state index contributed by atoms with van der Waals surface area (Å²) in [6.45, 7) is 3.64. The number of furan rings is 1. The molecule has 0 spiro atoms. The van der Waals surface area contributed by atoms with Gasteiger partial charge in [0.15, 0.2) is 0 Å². The van der Waals surface area contributed by atoms with Gasteiger partial charge in [0.05, 0.1) is 0 Å². The molecule has 4 rings (SSSR count). The summed E-state index contributed by atoms with van der Waals surface area (Å²) >= 11 is -0.792. The van der Waals surface area contributed by atoms with Crippen LogP contribution in [0, 0.1) is 5.82 Å². The summed E-state index contributed by atoms with van der Waals surface area (Å²) in [6.07, 6.45) is 1.04. The van der Waals surface area contributed by atoms with E-state index in [9.17, 15) is 19.4 Å². The number of rotatable bonds is 8. The van der Waals surface area contributed by atoms with Crippen molar-refractivity contribution < 1.29 is 23.8 Å². The molecule has 4 N–H and O–H groups in total. The first-order valence-electron chi connectivity index (χ1n) is 10.00. The Morgan fingerprint density at radius 3 is 2.70 bits per heavy atom. The van der Waals surface area contributed by atoms with Crippen molar-refractivity contribution in [2.45, 2.75) is 18.1 Å². The van der Waals surface area contributed by atoms with Crippen LogP contribution in [0.1, 0.15) is 24.4 Å². The van der Waals surface area contributed by atoms with Crippen molar-refractivity contribution in [3.63, 3.8) is 0 Å². The van der Waals surface area contributed by atoms with Gasteiger partial charge in [-0.1, -0.05) is 6.07 Å². The average Bonchev–Trinajstić information content (AvgIpc) is 3.20. The molecule has 2 aromatic carbocycles. The van der Waals surface area contributed by atoms with E-state index in [4.69, 9.17) is 4.42 Å².